The Labute approximate surface area is 230 Å². The van der Waals surface area contributed by atoms with Crippen LogP contribution in [0.25, 0.3) is 0 Å². The van der Waals surface area contributed by atoms with Gasteiger partial charge in [-0.2, -0.15) is 0 Å². The average Bonchev–Trinajstić information content (AvgIpc) is 3.34. The van der Waals surface area contributed by atoms with Crippen molar-refractivity contribution in [2.24, 2.45) is 4.99 Å². The van der Waals surface area contributed by atoms with Crippen LogP contribution in [0.2, 0.25) is 5.02 Å². The summed E-state index contributed by atoms with van der Waals surface area (Å²) < 4.78 is 5.17. The number of nitrogens with zero attached hydrogens (tertiary/aromatic N) is 3. The summed E-state index contributed by atoms with van der Waals surface area (Å²) in [7, 11) is 3.55. The molecule has 1 aliphatic heterocycles. The van der Waals surface area contributed by atoms with Crippen molar-refractivity contribution in [1.29, 1.82) is 0 Å². The molecule has 0 radical (unpaired) electrons. The van der Waals surface area contributed by atoms with E-state index < -0.39 is 5.91 Å². The monoisotopic (exact) mass is 537 g/mol. The Morgan fingerprint density at radius 3 is 2.55 bits per heavy atom. The number of pyridine rings is 1. The molecule has 0 saturated heterocycles. The SMILES string of the molecule is C#CC/C=C(\C)C(=O)Nc1ccc(OC)cc1C(=O)Nc1ccc(Cl)cn1.C=CCC1=NCCN1C.CC. The zero-order valence-corrected chi connectivity index (χ0v) is 23.4. The summed E-state index contributed by atoms with van der Waals surface area (Å²) >= 11 is 5.80. The number of nitrogens with one attached hydrogen (secondary N) is 2. The number of ether oxygens (including phenoxy) is 1. The quantitative estimate of drug-likeness (QED) is 0.251. The maximum atomic E-state index is 12.7. The fourth-order valence-electron chi connectivity index (χ4n) is 3.03. The molecule has 2 amide bonds. The average molecular weight is 538 g/mol. The standard InChI is InChI=1S/C20H18ClN3O3.C7H12N2.C2H6/c1-4-5-6-13(2)19(25)23-17-9-8-15(27-3)11-16(17)20(26)24-18-10-7-14(21)12-22-18;1-3-4-7-8-5-6-9(7)2;1-2/h1,6-12H,5H2,2-3H3,(H,23,25)(H,22,24,26);3H,1,4-6H2,2H3;1-2H3/b13-6+;;. The second kappa shape index (κ2) is 17.4. The number of likely N-dealkylation sites (N-methyl/N-ethyl adjacent to an activating group) is 1. The molecule has 38 heavy (non-hydrogen) atoms. The molecule has 1 aromatic carbocycles. The van der Waals surface area contributed by atoms with Crippen molar-refractivity contribution in [3.63, 3.8) is 0 Å². The van der Waals surface area contributed by atoms with E-state index in [1.165, 1.54) is 25.2 Å². The van der Waals surface area contributed by atoms with Crippen LogP contribution < -0.4 is 15.4 Å². The third-order valence-corrected chi connectivity index (χ3v) is 5.29. The van der Waals surface area contributed by atoms with E-state index in [0.29, 0.717) is 34.3 Å². The number of amidine groups is 1. The summed E-state index contributed by atoms with van der Waals surface area (Å²) in [5.41, 5.74) is 1.01. The number of rotatable bonds is 8. The van der Waals surface area contributed by atoms with Gasteiger partial charge in [0.2, 0.25) is 0 Å². The molecule has 8 nitrogen and oxygen atoms in total. The second-order valence-electron chi connectivity index (χ2n) is 7.69. The van der Waals surface area contributed by atoms with Crippen LogP contribution in [0.5, 0.6) is 5.75 Å². The number of hydrogen-bond acceptors (Lipinski definition) is 6. The molecule has 0 saturated carbocycles. The highest BCUT2D eigenvalue weighted by molar-refractivity contribution is 6.30. The number of aromatic nitrogens is 1. The Balaban J connectivity index is 0.000000548. The maximum absolute atomic E-state index is 12.7. The van der Waals surface area contributed by atoms with Gasteiger partial charge in [0.25, 0.3) is 11.8 Å². The molecule has 0 bridgehead atoms. The van der Waals surface area contributed by atoms with Gasteiger partial charge in [0.15, 0.2) is 0 Å². The Bertz CT molecular complexity index is 1180. The van der Waals surface area contributed by atoms with Gasteiger partial charge in [-0.1, -0.05) is 37.6 Å². The first kappa shape index (κ1) is 31.9. The third kappa shape index (κ3) is 10.5. The number of benzene rings is 1. The van der Waals surface area contributed by atoms with Crippen LogP contribution in [-0.2, 0) is 4.79 Å². The van der Waals surface area contributed by atoms with E-state index >= 15 is 0 Å². The number of allylic oxidation sites excluding steroid dienone is 1. The molecule has 0 fully saturated rings. The summed E-state index contributed by atoms with van der Waals surface area (Å²) in [6, 6.07) is 7.95. The molecule has 0 unspecified atom stereocenters. The van der Waals surface area contributed by atoms with E-state index in [1.54, 1.807) is 37.3 Å². The van der Waals surface area contributed by atoms with Crippen LogP contribution in [0, 0.1) is 12.3 Å². The Morgan fingerprint density at radius 2 is 2.00 bits per heavy atom. The first-order valence-electron chi connectivity index (χ1n) is 12.2. The molecule has 2 N–H and O–H groups in total. The van der Waals surface area contributed by atoms with E-state index in [-0.39, 0.29) is 11.5 Å². The van der Waals surface area contributed by atoms with E-state index in [9.17, 15) is 9.59 Å². The van der Waals surface area contributed by atoms with Crippen molar-refractivity contribution in [3.8, 4) is 18.1 Å². The first-order chi connectivity index (χ1) is 18.3. The minimum Gasteiger partial charge on any atom is -0.497 e. The summed E-state index contributed by atoms with van der Waals surface area (Å²) in [4.78, 5) is 35.5. The number of terminal acetylenes is 1. The summed E-state index contributed by atoms with van der Waals surface area (Å²) in [5, 5.41) is 5.82. The summed E-state index contributed by atoms with van der Waals surface area (Å²) in [5.74, 6) is 3.61. The van der Waals surface area contributed by atoms with Crippen LogP contribution in [0.3, 0.4) is 0 Å². The van der Waals surface area contributed by atoms with Gasteiger partial charge in [-0.25, -0.2) is 4.98 Å². The lowest BCUT2D eigenvalue weighted by molar-refractivity contribution is -0.112. The number of carbonyl (C=O) groups excluding carboxylic acids is 2. The molecule has 1 aliphatic rings. The van der Waals surface area contributed by atoms with Gasteiger partial charge in [0.05, 0.1) is 29.9 Å². The fourth-order valence-corrected chi connectivity index (χ4v) is 3.15. The zero-order valence-electron chi connectivity index (χ0n) is 22.7. The molecule has 202 valence electrons. The second-order valence-corrected chi connectivity index (χ2v) is 8.13. The normalized spacial score (nSPS) is 12.0. The van der Waals surface area contributed by atoms with Crippen molar-refractivity contribution < 1.29 is 14.3 Å². The predicted octanol–water partition coefficient (Wildman–Crippen LogP) is 5.84. The van der Waals surface area contributed by atoms with E-state index in [0.717, 1.165) is 19.5 Å². The van der Waals surface area contributed by atoms with Gasteiger partial charge >= 0.3 is 0 Å². The summed E-state index contributed by atoms with van der Waals surface area (Å²) in [6.07, 6.45) is 11.4. The minimum atomic E-state index is -0.454. The highest BCUT2D eigenvalue weighted by Gasteiger charge is 2.16. The van der Waals surface area contributed by atoms with Crippen molar-refractivity contribution in [2.45, 2.75) is 33.6 Å². The molecule has 2 heterocycles. The van der Waals surface area contributed by atoms with Gasteiger partial charge < -0.3 is 20.3 Å². The van der Waals surface area contributed by atoms with Crippen molar-refractivity contribution in [3.05, 3.63) is 71.4 Å². The molecule has 0 spiro atoms. The smallest absolute Gasteiger partial charge is 0.259 e. The highest BCUT2D eigenvalue weighted by Crippen LogP contribution is 2.24. The van der Waals surface area contributed by atoms with E-state index in [1.807, 2.05) is 19.9 Å². The van der Waals surface area contributed by atoms with Crippen LogP contribution in [0.15, 0.2) is 65.8 Å². The van der Waals surface area contributed by atoms with E-state index in [4.69, 9.17) is 22.8 Å². The molecular weight excluding hydrogens is 502 g/mol. The third-order valence-electron chi connectivity index (χ3n) is 5.07. The maximum Gasteiger partial charge on any atom is 0.259 e. The first-order valence-corrected chi connectivity index (χ1v) is 12.5. The predicted molar refractivity (Wildman–Crippen MR) is 157 cm³/mol. The van der Waals surface area contributed by atoms with Gasteiger partial charge in [-0.15, -0.1) is 18.9 Å². The van der Waals surface area contributed by atoms with Crippen LogP contribution in [0.4, 0.5) is 11.5 Å². The number of amides is 2. The number of halogens is 1. The topological polar surface area (TPSA) is 95.9 Å². The minimum absolute atomic E-state index is 0.226. The lowest BCUT2D eigenvalue weighted by atomic mass is 10.1. The van der Waals surface area contributed by atoms with E-state index in [2.05, 4.69) is 45.1 Å². The fraction of sp³-hybridized carbons (Fsp3) is 0.310. The molecule has 9 heteroatoms. The van der Waals surface area contributed by atoms with Crippen molar-refractivity contribution in [1.82, 2.24) is 9.88 Å². The van der Waals surface area contributed by atoms with Gasteiger partial charge in [0, 0.05) is 38.2 Å². The van der Waals surface area contributed by atoms with Crippen molar-refractivity contribution in [2.75, 3.05) is 37.9 Å². The van der Waals surface area contributed by atoms with Gasteiger partial charge in [-0.3, -0.25) is 14.6 Å². The lowest BCUT2D eigenvalue weighted by Crippen LogP contribution is -2.21. The number of aliphatic imine (C=N–C) groups is 1. The number of methoxy groups -OCH3 is 1. The molecule has 3 rings (SSSR count). The Kier molecular flexibility index (Phi) is 14.6. The number of carbonyl (C=O) groups is 2. The Morgan fingerprint density at radius 1 is 1.26 bits per heavy atom. The van der Waals surface area contributed by atoms with Crippen LogP contribution >= 0.6 is 11.6 Å². The molecule has 0 aliphatic carbocycles. The molecule has 0 atom stereocenters. The molecule has 1 aromatic heterocycles. The van der Waals surface area contributed by atoms with Crippen LogP contribution in [0.1, 0.15) is 44.0 Å². The van der Waals surface area contributed by atoms with Crippen LogP contribution in [-0.4, -0.2) is 54.8 Å². The highest BCUT2D eigenvalue weighted by atomic mass is 35.5. The van der Waals surface area contributed by atoms with Crippen molar-refractivity contribution >= 4 is 40.8 Å². The summed E-state index contributed by atoms with van der Waals surface area (Å²) in [6.45, 7) is 11.3. The molecular formula is C29H36ClN5O3. The molecule has 2 aromatic rings. The zero-order chi connectivity index (χ0) is 28.5. The number of hydrogen-bond donors (Lipinski definition) is 2. The Hall–Kier alpha value is -4.09. The number of anilines is 2. The largest absolute Gasteiger partial charge is 0.497 e. The van der Waals surface area contributed by atoms with Gasteiger partial charge in [-0.05, 0) is 37.3 Å². The lowest BCUT2D eigenvalue weighted by Gasteiger charge is -2.13. The van der Waals surface area contributed by atoms with Gasteiger partial charge in [0.1, 0.15) is 17.4 Å².